The van der Waals surface area contributed by atoms with Gasteiger partial charge in [0, 0.05) is 19.7 Å². The zero-order valence-corrected chi connectivity index (χ0v) is 15.1. The number of rotatable bonds is 6. The molecule has 2 rings (SSSR count). The third-order valence-electron chi connectivity index (χ3n) is 3.13. The molecule has 0 aromatic carbocycles. The molecule has 2 heterocycles. The normalized spacial score (nSPS) is 18.6. The first-order chi connectivity index (χ1) is 9.38. The predicted octanol–water partition coefficient (Wildman–Crippen LogP) is 2.99. The molecule has 0 spiro atoms. The van der Waals surface area contributed by atoms with Gasteiger partial charge in [-0.3, -0.25) is 0 Å². The van der Waals surface area contributed by atoms with Crippen molar-refractivity contribution in [3.63, 3.8) is 0 Å². The molecule has 0 bridgehead atoms. The van der Waals surface area contributed by atoms with Gasteiger partial charge in [-0.05, 0) is 48.6 Å². The standard InChI is InChI=1S/C14H23N3OS.HI/c1-2-15-14(17-10-12-6-9-19-11-12)16-7-5-13-4-3-8-18-13;/h6,9,11,13H,2-5,7-8,10H2,1H3,(H2,15,16,17);1H. The Kier molecular flexibility index (Phi) is 9.21. The number of hydrogen-bond acceptors (Lipinski definition) is 3. The maximum Gasteiger partial charge on any atom is 0.191 e. The van der Waals surface area contributed by atoms with Gasteiger partial charge in [0.1, 0.15) is 0 Å². The van der Waals surface area contributed by atoms with E-state index in [9.17, 15) is 0 Å². The Labute approximate surface area is 142 Å². The molecule has 1 aliphatic rings. The molecule has 1 aromatic rings. The number of ether oxygens (including phenoxy) is 1. The topological polar surface area (TPSA) is 45.7 Å². The Balaban J connectivity index is 0.00000200. The van der Waals surface area contributed by atoms with Gasteiger partial charge in [0.15, 0.2) is 5.96 Å². The number of thiophene rings is 1. The molecule has 1 fully saturated rings. The lowest BCUT2D eigenvalue weighted by molar-refractivity contribution is 0.105. The third-order valence-corrected chi connectivity index (χ3v) is 3.86. The highest BCUT2D eigenvalue weighted by Crippen LogP contribution is 2.14. The van der Waals surface area contributed by atoms with Crippen LogP contribution >= 0.6 is 35.3 Å². The van der Waals surface area contributed by atoms with Crippen LogP contribution in [0, 0.1) is 0 Å². The zero-order chi connectivity index (χ0) is 13.3. The second-order valence-corrected chi connectivity index (χ2v) is 5.46. The summed E-state index contributed by atoms with van der Waals surface area (Å²) in [5.41, 5.74) is 1.27. The van der Waals surface area contributed by atoms with Crippen LogP contribution in [0.3, 0.4) is 0 Å². The van der Waals surface area contributed by atoms with E-state index in [2.05, 4.69) is 39.4 Å². The van der Waals surface area contributed by atoms with E-state index >= 15 is 0 Å². The molecular weight excluding hydrogens is 385 g/mol. The van der Waals surface area contributed by atoms with E-state index < -0.39 is 0 Å². The van der Waals surface area contributed by atoms with Crippen molar-refractivity contribution in [3.8, 4) is 0 Å². The lowest BCUT2D eigenvalue weighted by Gasteiger charge is -2.13. The minimum atomic E-state index is 0. The second-order valence-electron chi connectivity index (χ2n) is 4.68. The van der Waals surface area contributed by atoms with Gasteiger partial charge in [-0.1, -0.05) is 0 Å². The summed E-state index contributed by atoms with van der Waals surface area (Å²) in [5.74, 6) is 0.895. The van der Waals surface area contributed by atoms with Gasteiger partial charge in [-0.25, -0.2) is 4.99 Å². The number of aliphatic imine (C=N–C) groups is 1. The van der Waals surface area contributed by atoms with Crippen molar-refractivity contribution in [1.82, 2.24) is 10.6 Å². The van der Waals surface area contributed by atoms with Crippen molar-refractivity contribution in [2.45, 2.75) is 38.8 Å². The van der Waals surface area contributed by atoms with Crippen LogP contribution in [0.1, 0.15) is 31.7 Å². The summed E-state index contributed by atoms with van der Waals surface area (Å²) in [5, 5.41) is 10.9. The summed E-state index contributed by atoms with van der Waals surface area (Å²) in [6.07, 6.45) is 3.90. The Hall–Kier alpha value is -0.340. The fraction of sp³-hybridized carbons (Fsp3) is 0.643. The summed E-state index contributed by atoms with van der Waals surface area (Å²) in [6.45, 7) is 5.55. The van der Waals surface area contributed by atoms with E-state index in [4.69, 9.17) is 4.74 Å². The van der Waals surface area contributed by atoms with Crippen LogP contribution in [0.5, 0.6) is 0 Å². The highest BCUT2D eigenvalue weighted by molar-refractivity contribution is 14.0. The molecule has 0 radical (unpaired) electrons. The highest BCUT2D eigenvalue weighted by atomic mass is 127. The summed E-state index contributed by atoms with van der Waals surface area (Å²) in [7, 11) is 0. The fourth-order valence-corrected chi connectivity index (χ4v) is 2.78. The molecule has 1 aromatic heterocycles. The lowest BCUT2D eigenvalue weighted by Crippen LogP contribution is -2.38. The average Bonchev–Trinajstić information content (AvgIpc) is 3.09. The highest BCUT2D eigenvalue weighted by Gasteiger charge is 2.14. The van der Waals surface area contributed by atoms with Gasteiger partial charge >= 0.3 is 0 Å². The van der Waals surface area contributed by atoms with E-state index in [0.29, 0.717) is 6.10 Å². The van der Waals surface area contributed by atoms with Crippen LogP contribution in [-0.4, -0.2) is 31.8 Å². The van der Waals surface area contributed by atoms with Crippen LogP contribution in [0.4, 0.5) is 0 Å². The van der Waals surface area contributed by atoms with Gasteiger partial charge in [0.25, 0.3) is 0 Å². The van der Waals surface area contributed by atoms with Crippen molar-refractivity contribution in [2.75, 3.05) is 19.7 Å². The van der Waals surface area contributed by atoms with Gasteiger partial charge in [0.05, 0.1) is 12.6 Å². The minimum absolute atomic E-state index is 0. The number of hydrogen-bond donors (Lipinski definition) is 2. The molecule has 2 N–H and O–H groups in total. The van der Waals surface area contributed by atoms with Crippen LogP contribution in [0.25, 0.3) is 0 Å². The largest absolute Gasteiger partial charge is 0.378 e. The molecule has 4 nitrogen and oxygen atoms in total. The third kappa shape index (κ3) is 6.41. The SMILES string of the molecule is CCNC(=NCc1ccsc1)NCCC1CCCO1.I. The maximum atomic E-state index is 5.61. The van der Waals surface area contributed by atoms with Crippen molar-refractivity contribution in [2.24, 2.45) is 4.99 Å². The van der Waals surface area contributed by atoms with E-state index in [1.54, 1.807) is 11.3 Å². The number of guanidine groups is 1. The molecule has 0 aliphatic carbocycles. The van der Waals surface area contributed by atoms with E-state index in [1.807, 2.05) is 0 Å². The molecule has 6 heteroatoms. The molecular formula is C14H24IN3OS. The summed E-state index contributed by atoms with van der Waals surface area (Å²) >= 11 is 1.71. The molecule has 114 valence electrons. The molecule has 1 atom stereocenters. The molecule has 0 saturated carbocycles. The second kappa shape index (κ2) is 10.4. The summed E-state index contributed by atoms with van der Waals surface area (Å²) in [6, 6.07) is 2.12. The molecule has 0 amide bonds. The van der Waals surface area contributed by atoms with Gasteiger partial charge in [-0.2, -0.15) is 11.3 Å². The monoisotopic (exact) mass is 409 g/mol. The maximum absolute atomic E-state index is 5.61. The van der Waals surface area contributed by atoms with Gasteiger partial charge in [0.2, 0.25) is 0 Å². The van der Waals surface area contributed by atoms with Crippen LogP contribution in [0.15, 0.2) is 21.8 Å². The Morgan fingerprint density at radius 3 is 3.05 bits per heavy atom. The summed E-state index contributed by atoms with van der Waals surface area (Å²) in [4.78, 5) is 4.58. The number of nitrogens with one attached hydrogen (secondary N) is 2. The lowest BCUT2D eigenvalue weighted by atomic mass is 10.2. The number of halogens is 1. The van der Waals surface area contributed by atoms with E-state index in [1.165, 1.54) is 18.4 Å². The fourth-order valence-electron chi connectivity index (χ4n) is 2.12. The Morgan fingerprint density at radius 1 is 1.50 bits per heavy atom. The van der Waals surface area contributed by atoms with Crippen LogP contribution in [-0.2, 0) is 11.3 Å². The molecule has 20 heavy (non-hydrogen) atoms. The van der Waals surface area contributed by atoms with E-state index in [-0.39, 0.29) is 24.0 Å². The first-order valence-corrected chi connectivity index (χ1v) is 7.97. The first kappa shape index (κ1) is 17.7. The van der Waals surface area contributed by atoms with Crippen LogP contribution in [0.2, 0.25) is 0 Å². The average molecular weight is 409 g/mol. The van der Waals surface area contributed by atoms with Crippen LogP contribution < -0.4 is 10.6 Å². The zero-order valence-electron chi connectivity index (χ0n) is 11.9. The van der Waals surface area contributed by atoms with Gasteiger partial charge in [-0.15, -0.1) is 24.0 Å². The minimum Gasteiger partial charge on any atom is -0.378 e. The van der Waals surface area contributed by atoms with E-state index in [0.717, 1.165) is 38.6 Å². The molecule has 1 aliphatic heterocycles. The van der Waals surface area contributed by atoms with Crippen molar-refractivity contribution in [1.29, 1.82) is 0 Å². The van der Waals surface area contributed by atoms with Crippen molar-refractivity contribution >= 4 is 41.3 Å². The van der Waals surface area contributed by atoms with Gasteiger partial charge < -0.3 is 15.4 Å². The van der Waals surface area contributed by atoms with Crippen molar-refractivity contribution < 1.29 is 4.74 Å². The Morgan fingerprint density at radius 2 is 2.40 bits per heavy atom. The molecule has 1 saturated heterocycles. The quantitative estimate of drug-likeness (QED) is 0.432. The van der Waals surface area contributed by atoms with Crippen molar-refractivity contribution in [3.05, 3.63) is 22.4 Å². The first-order valence-electron chi connectivity index (χ1n) is 7.03. The molecule has 1 unspecified atom stereocenters. The Bertz CT molecular complexity index is 378. The predicted molar refractivity (Wildman–Crippen MR) is 96.1 cm³/mol. The summed E-state index contributed by atoms with van der Waals surface area (Å²) < 4.78 is 5.61. The number of nitrogens with zero attached hydrogens (tertiary/aromatic N) is 1. The smallest absolute Gasteiger partial charge is 0.191 e.